The molecule has 0 saturated carbocycles. The molecule has 0 amide bonds. The van der Waals surface area contributed by atoms with Crippen LogP contribution in [0.25, 0.3) is 0 Å². The second kappa shape index (κ2) is 6.71. The van der Waals surface area contributed by atoms with Gasteiger partial charge in [0, 0.05) is 12.3 Å². The average Bonchev–Trinajstić information content (AvgIpc) is 2.29. The minimum Gasteiger partial charge on any atom is -0.494 e. The third kappa shape index (κ3) is 3.65. The van der Waals surface area contributed by atoms with E-state index in [4.69, 9.17) is 16.3 Å². The highest BCUT2D eigenvalue weighted by molar-refractivity contribution is 6.17. The van der Waals surface area contributed by atoms with Crippen LogP contribution in [0.5, 0.6) is 5.75 Å². The van der Waals surface area contributed by atoms with Gasteiger partial charge in [-0.1, -0.05) is 12.1 Å². The number of methoxy groups -OCH3 is 1. The van der Waals surface area contributed by atoms with Gasteiger partial charge in [0.2, 0.25) is 0 Å². The van der Waals surface area contributed by atoms with E-state index in [2.05, 4.69) is 0 Å². The molecule has 0 aliphatic rings. The van der Waals surface area contributed by atoms with E-state index in [9.17, 15) is 9.50 Å². The number of halogens is 2. The Bertz CT molecular complexity index is 331. The molecular formula is C12H16ClFO2. The molecule has 0 aliphatic carbocycles. The zero-order chi connectivity index (χ0) is 12.0. The predicted molar refractivity (Wildman–Crippen MR) is 62.6 cm³/mol. The van der Waals surface area contributed by atoms with E-state index in [1.807, 2.05) is 0 Å². The number of aliphatic hydroxyl groups is 1. The van der Waals surface area contributed by atoms with E-state index in [0.29, 0.717) is 24.3 Å². The van der Waals surface area contributed by atoms with E-state index in [-0.39, 0.29) is 5.75 Å². The molecule has 90 valence electrons. The Kier molecular flexibility index (Phi) is 5.56. The number of alkyl halides is 1. The van der Waals surface area contributed by atoms with Crippen LogP contribution in [0.4, 0.5) is 4.39 Å². The van der Waals surface area contributed by atoms with Crippen LogP contribution in [0.2, 0.25) is 0 Å². The van der Waals surface area contributed by atoms with Crippen molar-refractivity contribution < 1.29 is 14.2 Å². The number of hydrogen-bond acceptors (Lipinski definition) is 2. The van der Waals surface area contributed by atoms with Gasteiger partial charge in [-0.3, -0.25) is 0 Å². The second-order valence-corrected chi connectivity index (χ2v) is 4.00. The summed E-state index contributed by atoms with van der Waals surface area (Å²) in [7, 11) is 1.42. The summed E-state index contributed by atoms with van der Waals surface area (Å²) in [6.45, 7) is 0. The lowest BCUT2D eigenvalue weighted by Gasteiger charge is -2.11. The van der Waals surface area contributed by atoms with Crippen molar-refractivity contribution in [3.05, 3.63) is 29.6 Å². The average molecular weight is 247 g/mol. The van der Waals surface area contributed by atoms with Gasteiger partial charge in [-0.15, -0.1) is 11.6 Å². The summed E-state index contributed by atoms with van der Waals surface area (Å²) in [5, 5.41) is 9.66. The summed E-state index contributed by atoms with van der Waals surface area (Å²) in [5.41, 5.74) is 0.474. The van der Waals surface area contributed by atoms with E-state index < -0.39 is 11.9 Å². The lowest BCUT2D eigenvalue weighted by Crippen LogP contribution is -2.12. The number of ether oxygens (including phenoxy) is 1. The minimum atomic E-state index is -0.555. The maximum absolute atomic E-state index is 13.7. The SMILES string of the molecule is COc1cccc(CC(O)CCCCl)c1F. The lowest BCUT2D eigenvalue weighted by atomic mass is 10.0. The van der Waals surface area contributed by atoms with E-state index in [0.717, 1.165) is 6.42 Å². The standard InChI is InChI=1S/C12H16ClFO2/c1-16-11-6-2-4-9(12(11)14)8-10(15)5-3-7-13/h2,4,6,10,15H,3,5,7-8H2,1H3. The van der Waals surface area contributed by atoms with Gasteiger partial charge in [-0.2, -0.15) is 0 Å². The van der Waals surface area contributed by atoms with Crippen LogP contribution in [0.15, 0.2) is 18.2 Å². The molecule has 0 saturated heterocycles. The smallest absolute Gasteiger partial charge is 0.168 e. The van der Waals surface area contributed by atoms with Gasteiger partial charge in [-0.05, 0) is 24.5 Å². The Morgan fingerprint density at radius 2 is 2.25 bits per heavy atom. The van der Waals surface area contributed by atoms with Crippen molar-refractivity contribution in [2.75, 3.05) is 13.0 Å². The molecule has 0 heterocycles. The van der Waals surface area contributed by atoms with Crippen molar-refractivity contribution in [2.45, 2.75) is 25.4 Å². The molecule has 4 heteroatoms. The molecule has 0 fully saturated rings. The Labute approximate surface area is 100.0 Å². The monoisotopic (exact) mass is 246 g/mol. The fourth-order valence-corrected chi connectivity index (χ4v) is 1.69. The van der Waals surface area contributed by atoms with Gasteiger partial charge in [0.1, 0.15) is 0 Å². The predicted octanol–water partition coefficient (Wildman–Crippen LogP) is 2.76. The molecule has 0 aliphatic heterocycles. The number of rotatable bonds is 6. The number of benzene rings is 1. The molecule has 1 N–H and O–H groups in total. The van der Waals surface area contributed by atoms with Gasteiger partial charge >= 0.3 is 0 Å². The van der Waals surface area contributed by atoms with Gasteiger partial charge in [0.15, 0.2) is 11.6 Å². The first-order valence-electron chi connectivity index (χ1n) is 5.24. The van der Waals surface area contributed by atoms with Crippen molar-refractivity contribution in [1.82, 2.24) is 0 Å². The van der Waals surface area contributed by atoms with E-state index in [1.54, 1.807) is 18.2 Å². The summed E-state index contributed by atoms with van der Waals surface area (Å²) in [5.74, 6) is 0.328. The first-order valence-corrected chi connectivity index (χ1v) is 5.78. The van der Waals surface area contributed by atoms with Gasteiger partial charge in [0.25, 0.3) is 0 Å². The molecule has 0 bridgehead atoms. The minimum absolute atomic E-state index is 0.210. The van der Waals surface area contributed by atoms with Crippen LogP contribution in [0, 0.1) is 5.82 Å². The van der Waals surface area contributed by atoms with Gasteiger partial charge in [-0.25, -0.2) is 4.39 Å². The van der Waals surface area contributed by atoms with Crippen molar-refractivity contribution in [1.29, 1.82) is 0 Å². The van der Waals surface area contributed by atoms with Crippen molar-refractivity contribution in [3.8, 4) is 5.75 Å². The summed E-state index contributed by atoms with van der Waals surface area (Å²) in [4.78, 5) is 0. The van der Waals surface area contributed by atoms with Crippen LogP contribution in [-0.2, 0) is 6.42 Å². The molecule has 0 aromatic heterocycles. The summed E-state index contributed by atoms with van der Waals surface area (Å²) >= 11 is 5.52. The van der Waals surface area contributed by atoms with Gasteiger partial charge in [0.05, 0.1) is 13.2 Å². The zero-order valence-corrected chi connectivity index (χ0v) is 10.0. The van der Waals surface area contributed by atoms with Crippen LogP contribution in [-0.4, -0.2) is 24.2 Å². The first-order chi connectivity index (χ1) is 7.69. The largest absolute Gasteiger partial charge is 0.494 e. The Morgan fingerprint density at radius 3 is 2.88 bits per heavy atom. The highest BCUT2D eigenvalue weighted by atomic mass is 35.5. The molecular weight excluding hydrogens is 231 g/mol. The molecule has 1 aromatic rings. The zero-order valence-electron chi connectivity index (χ0n) is 9.25. The van der Waals surface area contributed by atoms with Crippen molar-refractivity contribution in [3.63, 3.8) is 0 Å². The van der Waals surface area contributed by atoms with Crippen molar-refractivity contribution in [2.24, 2.45) is 0 Å². The normalized spacial score (nSPS) is 12.5. The van der Waals surface area contributed by atoms with E-state index in [1.165, 1.54) is 7.11 Å². The molecule has 1 rings (SSSR count). The highest BCUT2D eigenvalue weighted by Gasteiger charge is 2.12. The van der Waals surface area contributed by atoms with Gasteiger partial charge < -0.3 is 9.84 Å². The van der Waals surface area contributed by atoms with E-state index >= 15 is 0 Å². The molecule has 0 radical (unpaired) electrons. The summed E-state index contributed by atoms with van der Waals surface area (Å²) < 4.78 is 18.6. The fourth-order valence-electron chi connectivity index (χ4n) is 1.54. The van der Waals surface area contributed by atoms with Crippen LogP contribution < -0.4 is 4.74 Å². The first kappa shape index (κ1) is 13.3. The Balaban J connectivity index is 2.66. The topological polar surface area (TPSA) is 29.5 Å². The van der Waals surface area contributed by atoms with Crippen molar-refractivity contribution >= 4 is 11.6 Å². The summed E-state index contributed by atoms with van der Waals surface area (Å²) in [6.07, 6.45) is 1.05. The maximum Gasteiger partial charge on any atom is 0.168 e. The maximum atomic E-state index is 13.7. The van der Waals surface area contributed by atoms with Crippen LogP contribution in [0.1, 0.15) is 18.4 Å². The number of hydrogen-bond donors (Lipinski definition) is 1. The number of aliphatic hydroxyl groups excluding tert-OH is 1. The Hall–Kier alpha value is -0.800. The molecule has 0 spiro atoms. The van der Waals surface area contributed by atoms with Crippen LogP contribution >= 0.6 is 11.6 Å². The lowest BCUT2D eigenvalue weighted by molar-refractivity contribution is 0.162. The quantitative estimate of drug-likeness (QED) is 0.782. The Morgan fingerprint density at radius 1 is 1.50 bits per heavy atom. The highest BCUT2D eigenvalue weighted by Crippen LogP contribution is 2.21. The molecule has 1 atom stereocenters. The molecule has 2 nitrogen and oxygen atoms in total. The third-order valence-corrected chi connectivity index (χ3v) is 2.66. The van der Waals surface area contributed by atoms with Crippen LogP contribution in [0.3, 0.4) is 0 Å². The molecule has 16 heavy (non-hydrogen) atoms. The summed E-state index contributed by atoms with van der Waals surface area (Å²) in [6, 6.07) is 4.93. The molecule has 1 aromatic carbocycles. The fraction of sp³-hybridized carbons (Fsp3) is 0.500. The molecule has 1 unspecified atom stereocenters. The second-order valence-electron chi connectivity index (χ2n) is 3.62. The third-order valence-electron chi connectivity index (χ3n) is 2.39.